The first-order valence-electron chi connectivity index (χ1n) is 3.85. The molecule has 1 aromatic rings. The minimum atomic E-state index is -5.47. The van der Waals surface area contributed by atoms with Gasteiger partial charge in [-0.2, -0.15) is 0 Å². The molecule has 0 aliphatic heterocycles. The molecule has 0 aromatic heterocycles. The summed E-state index contributed by atoms with van der Waals surface area (Å²) in [6.45, 7) is 0. The van der Waals surface area contributed by atoms with Crippen molar-refractivity contribution in [2.75, 3.05) is 0 Å². The quantitative estimate of drug-likeness (QED) is 0.226. The zero-order chi connectivity index (χ0) is 13.2. The number of hydrogen-bond donors (Lipinski definition) is 0. The average Bonchev–Trinajstić information content (AvgIpc) is 2.14. The summed E-state index contributed by atoms with van der Waals surface area (Å²) in [7, 11) is -5.47. The molecule has 0 saturated carbocycles. The molecule has 1 rings (SSSR count). The predicted octanol–water partition coefficient (Wildman–Crippen LogP) is -6.28. The molecule has 0 saturated heterocycles. The molecule has 0 amide bonds. The molecule has 0 aliphatic carbocycles. The second-order valence-electron chi connectivity index (χ2n) is 2.70. The van der Waals surface area contributed by atoms with Crippen LogP contribution in [0.4, 0.5) is 11.4 Å². The maximum Gasteiger partial charge on any atom is 1.00 e. The van der Waals surface area contributed by atoms with Gasteiger partial charge in [0.25, 0.3) is 5.69 Å². The Morgan fingerprint density at radius 1 is 1.05 bits per heavy atom. The van der Waals surface area contributed by atoms with Crippen molar-refractivity contribution in [3.8, 4) is 5.75 Å². The van der Waals surface area contributed by atoms with Gasteiger partial charge in [0.2, 0.25) is 5.75 Å². The summed E-state index contributed by atoms with van der Waals surface area (Å²) < 4.78 is 14.1. The first kappa shape index (κ1) is 22.5. The molecular formula is C6H3K2N2O8P. The van der Waals surface area contributed by atoms with Gasteiger partial charge in [-0.05, 0) is 6.07 Å². The van der Waals surface area contributed by atoms with Crippen LogP contribution in [0.5, 0.6) is 5.75 Å². The van der Waals surface area contributed by atoms with E-state index in [9.17, 15) is 34.6 Å². The molecule has 0 spiro atoms. The molecule has 0 heterocycles. The largest absolute Gasteiger partial charge is 1.00 e. The number of nitro groups is 2. The van der Waals surface area contributed by atoms with E-state index >= 15 is 0 Å². The first-order valence-corrected chi connectivity index (χ1v) is 5.31. The Morgan fingerprint density at radius 3 is 1.95 bits per heavy atom. The maximum absolute atomic E-state index is 10.5. The summed E-state index contributed by atoms with van der Waals surface area (Å²) in [5, 5.41) is 20.8. The van der Waals surface area contributed by atoms with Crippen LogP contribution in [0.15, 0.2) is 18.2 Å². The monoisotopic (exact) mass is 340 g/mol. The van der Waals surface area contributed by atoms with E-state index in [0.717, 1.165) is 6.07 Å². The molecular weight excluding hydrogens is 337 g/mol. The minimum absolute atomic E-state index is 0. The van der Waals surface area contributed by atoms with Gasteiger partial charge in [-0.25, -0.2) is 0 Å². The number of phosphoric ester groups is 1. The summed E-state index contributed by atoms with van der Waals surface area (Å²) in [4.78, 5) is 39.4. The van der Waals surface area contributed by atoms with E-state index in [1.807, 2.05) is 0 Å². The van der Waals surface area contributed by atoms with E-state index in [0.29, 0.717) is 12.1 Å². The number of rotatable bonds is 4. The van der Waals surface area contributed by atoms with Crippen LogP contribution < -0.4 is 117 Å². The van der Waals surface area contributed by atoms with Gasteiger partial charge in [0.05, 0.1) is 15.9 Å². The Hall–Kier alpha value is 1.24. The van der Waals surface area contributed by atoms with Crippen molar-refractivity contribution < 1.29 is 131 Å². The Morgan fingerprint density at radius 2 is 1.58 bits per heavy atom. The minimum Gasteiger partial charge on any atom is -0.780 e. The number of nitro benzene ring substituents is 2. The Bertz CT molecular complexity index is 532. The van der Waals surface area contributed by atoms with Gasteiger partial charge in [-0.15, -0.1) is 0 Å². The van der Waals surface area contributed by atoms with Gasteiger partial charge in [-0.1, -0.05) is 0 Å². The second-order valence-corrected chi connectivity index (χ2v) is 3.78. The summed E-state index contributed by atoms with van der Waals surface area (Å²) in [6.07, 6.45) is 0. The number of hydrogen-bond acceptors (Lipinski definition) is 8. The fourth-order valence-corrected chi connectivity index (χ4v) is 1.35. The first-order chi connectivity index (χ1) is 7.70. The van der Waals surface area contributed by atoms with Crippen molar-refractivity contribution in [1.29, 1.82) is 0 Å². The van der Waals surface area contributed by atoms with Gasteiger partial charge in [0.1, 0.15) is 7.82 Å². The van der Waals surface area contributed by atoms with Crippen molar-refractivity contribution >= 4 is 19.2 Å². The molecule has 19 heavy (non-hydrogen) atoms. The molecule has 10 nitrogen and oxygen atoms in total. The molecule has 0 aliphatic rings. The van der Waals surface area contributed by atoms with Crippen molar-refractivity contribution in [2.45, 2.75) is 0 Å². The summed E-state index contributed by atoms with van der Waals surface area (Å²) in [5.74, 6) is -0.867. The smallest absolute Gasteiger partial charge is 0.780 e. The van der Waals surface area contributed by atoms with Crippen molar-refractivity contribution in [1.82, 2.24) is 0 Å². The van der Waals surface area contributed by atoms with Crippen molar-refractivity contribution in [3.63, 3.8) is 0 Å². The van der Waals surface area contributed by atoms with Crippen LogP contribution in [0.3, 0.4) is 0 Å². The Kier molecular flexibility index (Phi) is 11.0. The fourth-order valence-electron chi connectivity index (χ4n) is 0.960. The van der Waals surface area contributed by atoms with Crippen LogP contribution in [-0.4, -0.2) is 9.85 Å². The number of nitrogens with zero attached hydrogens (tertiary/aromatic N) is 2. The van der Waals surface area contributed by atoms with Crippen LogP contribution in [0, 0.1) is 20.2 Å². The van der Waals surface area contributed by atoms with E-state index in [2.05, 4.69) is 4.52 Å². The van der Waals surface area contributed by atoms with Crippen LogP contribution in [-0.2, 0) is 4.57 Å². The molecule has 13 heteroatoms. The average molecular weight is 340 g/mol. The fraction of sp³-hybridized carbons (Fsp3) is 0. The molecule has 0 bridgehead atoms. The third kappa shape index (κ3) is 7.71. The van der Waals surface area contributed by atoms with Gasteiger partial charge in [-0.3, -0.25) is 20.2 Å². The van der Waals surface area contributed by atoms with E-state index in [-0.39, 0.29) is 103 Å². The maximum atomic E-state index is 10.5. The summed E-state index contributed by atoms with van der Waals surface area (Å²) >= 11 is 0. The molecule has 0 radical (unpaired) electrons. The van der Waals surface area contributed by atoms with Crippen molar-refractivity contribution in [2.24, 2.45) is 0 Å². The van der Waals surface area contributed by atoms with E-state index in [1.165, 1.54) is 0 Å². The molecule has 0 unspecified atom stereocenters. The SMILES string of the molecule is O=[N+]([O-])c1ccc(OP(=O)([O-])[O-])c([N+](=O)[O-])c1.[K+].[K+]. The summed E-state index contributed by atoms with van der Waals surface area (Å²) in [6, 6.07) is 1.93. The van der Waals surface area contributed by atoms with E-state index in [4.69, 9.17) is 0 Å². The van der Waals surface area contributed by atoms with Gasteiger partial charge in [0, 0.05) is 6.07 Å². The molecule has 1 aromatic carbocycles. The van der Waals surface area contributed by atoms with Gasteiger partial charge < -0.3 is 18.9 Å². The molecule has 0 fully saturated rings. The second kappa shape index (κ2) is 9.30. The van der Waals surface area contributed by atoms with E-state index in [1.54, 1.807) is 0 Å². The van der Waals surface area contributed by atoms with Crippen LogP contribution in [0.2, 0.25) is 0 Å². The number of phosphoric acid groups is 1. The van der Waals surface area contributed by atoms with Gasteiger partial charge in [0.15, 0.2) is 0 Å². The third-order valence-electron chi connectivity index (χ3n) is 1.56. The normalized spacial score (nSPS) is 9.79. The zero-order valence-corrected chi connectivity index (χ0v) is 17.0. The Balaban J connectivity index is 0. The third-order valence-corrected chi connectivity index (χ3v) is 1.98. The van der Waals surface area contributed by atoms with E-state index < -0.39 is 34.8 Å². The molecule has 0 N–H and O–H groups in total. The van der Waals surface area contributed by atoms with Crippen LogP contribution >= 0.6 is 7.82 Å². The van der Waals surface area contributed by atoms with Crippen molar-refractivity contribution in [3.05, 3.63) is 38.4 Å². The number of non-ortho nitro benzene ring substituents is 1. The standard InChI is InChI=1S/C6H5N2O8P.2K/c9-7(10)4-1-2-6(16-17(13,14)15)5(3-4)8(11)12;;/h1-3H,(H2,13,14,15);;/q;2*+1/p-2. The molecule has 92 valence electrons. The Labute approximate surface area is 191 Å². The van der Waals surface area contributed by atoms with Crippen LogP contribution in [0.25, 0.3) is 0 Å². The molecule has 0 atom stereocenters. The van der Waals surface area contributed by atoms with Gasteiger partial charge >= 0.3 is 108 Å². The number of benzene rings is 1. The summed E-state index contributed by atoms with van der Waals surface area (Å²) in [5.41, 5.74) is -1.61. The topological polar surface area (TPSA) is 159 Å². The van der Waals surface area contributed by atoms with Crippen LogP contribution in [0.1, 0.15) is 0 Å². The predicted molar refractivity (Wildman–Crippen MR) is 48.0 cm³/mol. The zero-order valence-electron chi connectivity index (χ0n) is 9.84.